The van der Waals surface area contributed by atoms with Gasteiger partial charge in [0.05, 0.1) is 6.26 Å². The van der Waals surface area contributed by atoms with Crippen LogP contribution in [0, 0.1) is 5.92 Å². The summed E-state index contributed by atoms with van der Waals surface area (Å²) < 4.78 is 10.9. The number of methoxy groups -OCH3 is 1. The predicted molar refractivity (Wildman–Crippen MR) is 98.1 cm³/mol. The molecule has 1 N–H and O–H groups in total. The van der Waals surface area contributed by atoms with Crippen molar-refractivity contribution in [1.82, 2.24) is 10.2 Å². The number of hydrogen-bond acceptors (Lipinski definition) is 4. The Morgan fingerprint density at radius 1 is 1.35 bits per heavy atom. The van der Waals surface area contributed by atoms with Gasteiger partial charge in [-0.05, 0) is 50.0 Å². The highest BCUT2D eigenvalue weighted by atomic mass is 16.5. The Balaban J connectivity index is 1.59. The fraction of sp³-hybridized carbons (Fsp3) is 0.700. The van der Waals surface area contributed by atoms with E-state index in [0.29, 0.717) is 31.2 Å². The van der Waals surface area contributed by atoms with E-state index in [9.17, 15) is 9.59 Å². The summed E-state index contributed by atoms with van der Waals surface area (Å²) in [7, 11) is 1.56. The van der Waals surface area contributed by atoms with Gasteiger partial charge in [0.25, 0.3) is 5.91 Å². The van der Waals surface area contributed by atoms with E-state index in [4.69, 9.17) is 9.15 Å². The van der Waals surface area contributed by atoms with Crippen LogP contribution < -0.4 is 5.32 Å². The first-order valence-electron chi connectivity index (χ1n) is 9.72. The van der Waals surface area contributed by atoms with Gasteiger partial charge >= 0.3 is 0 Å². The highest BCUT2D eigenvalue weighted by Gasteiger charge is 2.34. The number of fused-ring (bicyclic) bond motifs is 1. The van der Waals surface area contributed by atoms with E-state index >= 15 is 0 Å². The first-order valence-corrected chi connectivity index (χ1v) is 9.72. The smallest absolute Gasteiger partial charge is 0.290 e. The van der Waals surface area contributed by atoms with Gasteiger partial charge in [0.1, 0.15) is 6.10 Å². The summed E-state index contributed by atoms with van der Waals surface area (Å²) in [4.78, 5) is 27.2. The molecular weight excluding hydrogens is 332 g/mol. The molecule has 26 heavy (non-hydrogen) atoms. The Labute approximate surface area is 155 Å². The van der Waals surface area contributed by atoms with E-state index in [1.54, 1.807) is 13.4 Å². The second-order valence-corrected chi connectivity index (χ2v) is 7.82. The minimum Gasteiger partial charge on any atom is -0.459 e. The first-order chi connectivity index (χ1) is 12.5. The summed E-state index contributed by atoms with van der Waals surface area (Å²) in [5.41, 5.74) is 2.26. The maximum absolute atomic E-state index is 13.0. The van der Waals surface area contributed by atoms with Crippen molar-refractivity contribution in [3.63, 3.8) is 0 Å². The average molecular weight is 362 g/mol. The number of hydrogen-bond donors (Lipinski definition) is 1. The monoisotopic (exact) mass is 362 g/mol. The van der Waals surface area contributed by atoms with Gasteiger partial charge in [-0.2, -0.15) is 0 Å². The number of amides is 2. The molecule has 144 valence electrons. The van der Waals surface area contributed by atoms with Gasteiger partial charge in [0.2, 0.25) is 5.91 Å². The molecule has 0 saturated carbocycles. The fourth-order valence-corrected chi connectivity index (χ4v) is 4.05. The number of carbonyl (C=O) groups is 2. The summed E-state index contributed by atoms with van der Waals surface area (Å²) in [5.74, 6) is 0.761. The van der Waals surface area contributed by atoms with Gasteiger partial charge in [-0.15, -0.1) is 0 Å². The molecule has 2 amide bonds. The lowest BCUT2D eigenvalue weighted by Crippen LogP contribution is -2.46. The van der Waals surface area contributed by atoms with Crippen molar-refractivity contribution in [2.24, 2.45) is 5.92 Å². The molecule has 3 rings (SSSR count). The molecule has 1 fully saturated rings. The van der Waals surface area contributed by atoms with Crippen LogP contribution in [0.5, 0.6) is 0 Å². The summed E-state index contributed by atoms with van der Waals surface area (Å²) in [5, 5.41) is 2.98. The van der Waals surface area contributed by atoms with E-state index in [2.05, 4.69) is 19.2 Å². The molecule has 2 aliphatic rings. The summed E-state index contributed by atoms with van der Waals surface area (Å²) in [6.07, 6.45) is 6.85. The predicted octanol–water partition coefficient (Wildman–Crippen LogP) is 2.55. The van der Waals surface area contributed by atoms with E-state index in [1.165, 1.54) is 5.56 Å². The minimum atomic E-state index is -0.436. The van der Waals surface area contributed by atoms with Gasteiger partial charge < -0.3 is 19.4 Å². The lowest BCUT2D eigenvalue weighted by molar-refractivity contribution is -0.132. The number of nitrogens with one attached hydrogen (secondary N) is 1. The van der Waals surface area contributed by atoms with Crippen LogP contribution >= 0.6 is 0 Å². The Kier molecular flexibility index (Phi) is 6.01. The molecule has 1 saturated heterocycles. The zero-order valence-electron chi connectivity index (χ0n) is 16.0. The number of rotatable bonds is 7. The average Bonchev–Trinajstić information content (AvgIpc) is 3.32. The van der Waals surface area contributed by atoms with Crippen LogP contribution in [-0.2, 0) is 22.4 Å². The molecule has 6 nitrogen and oxygen atoms in total. The Hall–Kier alpha value is -1.82. The fourth-order valence-electron chi connectivity index (χ4n) is 4.05. The minimum absolute atomic E-state index is 0.0187. The number of ether oxygens (including phenoxy) is 1. The van der Waals surface area contributed by atoms with Crippen molar-refractivity contribution in [2.45, 2.75) is 64.5 Å². The molecule has 1 aromatic heterocycles. The Morgan fingerprint density at radius 2 is 2.15 bits per heavy atom. The van der Waals surface area contributed by atoms with Crippen molar-refractivity contribution in [1.29, 1.82) is 0 Å². The Morgan fingerprint density at radius 3 is 2.88 bits per heavy atom. The quantitative estimate of drug-likeness (QED) is 0.809. The zero-order chi connectivity index (χ0) is 18.7. The maximum Gasteiger partial charge on any atom is 0.290 e. The zero-order valence-corrected chi connectivity index (χ0v) is 16.0. The van der Waals surface area contributed by atoms with E-state index in [1.807, 2.05) is 4.90 Å². The third kappa shape index (κ3) is 3.95. The van der Waals surface area contributed by atoms with Gasteiger partial charge in [0, 0.05) is 31.8 Å². The number of carbonyl (C=O) groups excluding carboxylic acids is 2. The molecule has 1 aliphatic carbocycles. The number of nitrogens with zero attached hydrogens (tertiary/aromatic N) is 1. The molecule has 0 radical (unpaired) electrons. The van der Waals surface area contributed by atoms with Crippen LogP contribution in [0.15, 0.2) is 10.7 Å². The maximum atomic E-state index is 13.0. The number of likely N-dealkylation sites (tertiary alicyclic amines) is 1. The van der Waals surface area contributed by atoms with Gasteiger partial charge in [-0.1, -0.05) is 13.8 Å². The van der Waals surface area contributed by atoms with Gasteiger partial charge in [0.15, 0.2) is 5.76 Å². The number of aryl methyl sites for hydroxylation is 1. The molecule has 1 aliphatic heterocycles. The van der Waals surface area contributed by atoms with Crippen molar-refractivity contribution < 1.29 is 18.7 Å². The molecular formula is C20H30N2O4. The van der Waals surface area contributed by atoms with Crippen molar-refractivity contribution in [2.75, 3.05) is 20.2 Å². The van der Waals surface area contributed by atoms with Crippen LogP contribution in [0.3, 0.4) is 0 Å². The molecule has 0 aromatic carbocycles. The normalized spacial score (nSPS) is 20.5. The summed E-state index contributed by atoms with van der Waals surface area (Å²) >= 11 is 0. The van der Waals surface area contributed by atoms with E-state index < -0.39 is 6.10 Å². The van der Waals surface area contributed by atoms with Crippen LogP contribution in [0.1, 0.15) is 61.2 Å². The van der Waals surface area contributed by atoms with Gasteiger partial charge in [-0.25, -0.2) is 0 Å². The molecule has 0 bridgehead atoms. The molecule has 2 atom stereocenters. The second kappa shape index (κ2) is 8.25. The third-order valence-electron chi connectivity index (χ3n) is 5.46. The number of furan rings is 1. The first kappa shape index (κ1) is 19.0. The lowest BCUT2D eigenvalue weighted by atomic mass is 10.1. The highest BCUT2D eigenvalue weighted by Crippen LogP contribution is 2.29. The summed E-state index contributed by atoms with van der Waals surface area (Å²) in [6.45, 7) is 5.32. The lowest BCUT2D eigenvalue weighted by Gasteiger charge is -2.25. The highest BCUT2D eigenvalue weighted by molar-refractivity contribution is 5.94. The van der Waals surface area contributed by atoms with Crippen LogP contribution in [0.25, 0.3) is 0 Å². The third-order valence-corrected chi connectivity index (χ3v) is 5.46. The van der Waals surface area contributed by atoms with Crippen molar-refractivity contribution in [3.05, 3.63) is 23.2 Å². The molecule has 6 heteroatoms. The largest absolute Gasteiger partial charge is 0.459 e. The molecule has 2 unspecified atom stereocenters. The molecule has 2 heterocycles. The van der Waals surface area contributed by atoms with Crippen LogP contribution in [0.4, 0.5) is 0 Å². The van der Waals surface area contributed by atoms with E-state index in [0.717, 1.165) is 37.7 Å². The van der Waals surface area contributed by atoms with Gasteiger partial charge in [-0.3, -0.25) is 9.59 Å². The topological polar surface area (TPSA) is 71.8 Å². The molecule has 1 aromatic rings. The van der Waals surface area contributed by atoms with Crippen molar-refractivity contribution in [3.8, 4) is 0 Å². The summed E-state index contributed by atoms with van der Waals surface area (Å²) in [6, 6.07) is 0.0187. The van der Waals surface area contributed by atoms with Crippen molar-refractivity contribution >= 4 is 11.8 Å². The second-order valence-electron chi connectivity index (χ2n) is 7.82. The SMILES string of the molecule is COC(CC(C)C)C(=O)NCC1CCCN1C(=O)c1occ2c1CCC2. The van der Waals surface area contributed by atoms with Crippen LogP contribution in [-0.4, -0.2) is 49.1 Å². The van der Waals surface area contributed by atoms with E-state index in [-0.39, 0.29) is 17.9 Å². The van der Waals surface area contributed by atoms with Crippen LogP contribution in [0.2, 0.25) is 0 Å². The Bertz CT molecular complexity index is 652. The molecule has 0 spiro atoms. The standard InChI is InChI=1S/C20H30N2O4/c1-13(2)10-17(25-3)19(23)21-11-15-7-5-9-22(15)20(24)18-16-8-4-6-14(16)12-26-18/h12-13,15,17H,4-11H2,1-3H3,(H,21,23).